The summed E-state index contributed by atoms with van der Waals surface area (Å²) in [6.45, 7) is 8.23. The Morgan fingerprint density at radius 1 is 1.03 bits per heavy atom. The normalized spacial score (nSPS) is 26.0. The standard InChI is InChI=1S/C27H35N5O4S/c1-19-15-32(20(2)14-31(19)25-28-12-24(13-29-25)37(34,35)23-8-9-23)26(33)36-22-10-27(11-22)17-30(18-27)16-21-6-4-3-5-7-21/h3-7,12-13,19-20,22-23H,8-11,14-18H2,1-2H3/t19-,20+/m0/s1. The lowest BCUT2D eigenvalue weighted by atomic mass is 9.61. The van der Waals surface area contributed by atoms with Gasteiger partial charge in [0.05, 0.1) is 17.6 Å². The van der Waals surface area contributed by atoms with Crippen LogP contribution >= 0.6 is 0 Å². The third kappa shape index (κ3) is 4.81. The monoisotopic (exact) mass is 525 g/mol. The minimum atomic E-state index is -3.31. The van der Waals surface area contributed by atoms with E-state index in [2.05, 4.69) is 39.1 Å². The van der Waals surface area contributed by atoms with Crippen LogP contribution in [0.3, 0.4) is 0 Å². The highest BCUT2D eigenvalue weighted by atomic mass is 32.2. The Bertz CT molecular complexity index is 1240. The highest BCUT2D eigenvalue weighted by Crippen LogP contribution is 2.50. The second-order valence-electron chi connectivity index (χ2n) is 11.5. The number of benzene rings is 1. The number of rotatable bonds is 6. The van der Waals surface area contributed by atoms with Gasteiger partial charge in [-0.3, -0.25) is 4.90 Å². The van der Waals surface area contributed by atoms with Crippen molar-refractivity contribution in [1.82, 2.24) is 19.8 Å². The van der Waals surface area contributed by atoms with E-state index in [1.165, 1.54) is 18.0 Å². The molecule has 2 aromatic rings. The molecule has 10 heteroatoms. The van der Waals surface area contributed by atoms with Gasteiger partial charge in [0.15, 0.2) is 9.84 Å². The fourth-order valence-electron chi connectivity index (χ4n) is 6.15. The predicted octanol–water partition coefficient (Wildman–Crippen LogP) is 3.11. The molecule has 2 atom stereocenters. The average molecular weight is 526 g/mol. The fraction of sp³-hybridized carbons (Fsp3) is 0.593. The molecule has 0 bridgehead atoms. The third-order valence-corrected chi connectivity index (χ3v) is 10.6. The molecular formula is C27H35N5O4S. The fourth-order valence-corrected chi connectivity index (χ4v) is 7.69. The van der Waals surface area contributed by atoms with Crippen LogP contribution in [0.4, 0.5) is 10.7 Å². The van der Waals surface area contributed by atoms with Crippen LogP contribution in [0, 0.1) is 5.41 Å². The first kappa shape index (κ1) is 24.6. The van der Waals surface area contributed by atoms with E-state index in [0.29, 0.717) is 37.3 Å². The van der Waals surface area contributed by atoms with Crippen LogP contribution < -0.4 is 4.90 Å². The van der Waals surface area contributed by atoms with Gasteiger partial charge in [-0.2, -0.15) is 0 Å². The molecule has 6 rings (SSSR count). The summed E-state index contributed by atoms with van der Waals surface area (Å²) in [6, 6.07) is 10.5. The molecule has 2 aliphatic heterocycles. The van der Waals surface area contributed by atoms with Gasteiger partial charge in [0.25, 0.3) is 0 Å². The molecule has 2 saturated carbocycles. The number of likely N-dealkylation sites (tertiary alicyclic amines) is 1. The lowest BCUT2D eigenvalue weighted by molar-refractivity contribution is -0.137. The lowest BCUT2D eigenvalue weighted by Gasteiger charge is -2.58. The van der Waals surface area contributed by atoms with E-state index < -0.39 is 9.84 Å². The third-order valence-electron chi connectivity index (χ3n) is 8.34. The van der Waals surface area contributed by atoms with Crippen molar-refractivity contribution < 1.29 is 17.9 Å². The van der Waals surface area contributed by atoms with Crippen molar-refractivity contribution in [2.75, 3.05) is 31.1 Å². The average Bonchev–Trinajstić information content (AvgIpc) is 3.69. The van der Waals surface area contributed by atoms with E-state index in [9.17, 15) is 13.2 Å². The summed E-state index contributed by atoms with van der Waals surface area (Å²) in [6.07, 6.45) is 5.90. The number of amides is 1. The summed E-state index contributed by atoms with van der Waals surface area (Å²) < 4.78 is 30.8. The van der Waals surface area contributed by atoms with Gasteiger partial charge >= 0.3 is 6.09 Å². The molecule has 4 fully saturated rings. The zero-order valence-electron chi connectivity index (χ0n) is 21.5. The second-order valence-corrected chi connectivity index (χ2v) is 13.7. The summed E-state index contributed by atoms with van der Waals surface area (Å²) in [5, 5.41) is -0.279. The number of sulfone groups is 1. The molecule has 2 saturated heterocycles. The molecule has 0 N–H and O–H groups in total. The molecule has 2 aliphatic carbocycles. The first-order valence-electron chi connectivity index (χ1n) is 13.3. The quantitative estimate of drug-likeness (QED) is 0.568. The van der Waals surface area contributed by atoms with E-state index >= 15 is 0 Å². The van der Waals surface area contributed by atoms with E-state index in [0.717, 1.165) is 32.5 Å². The number of nitrogens with zero attached hydrogens (tertiary/aromatic N) is 5. The van der Waals surface area contributed by atoms with Crippen LogP contribution in [0.25, 0.3) is 0 Å². The van der Waals surface area contributed by atoms with Gasteiger partial charge in [-0.25, -0.2) is 23.2 Å². The van der Waals surface area contributed by atoms with Gasteiger partial charge in [0.1, 0.15) is 11.0 Å². The summed E-state index contributed by atoms with van der Waals surface area (Å²) in [5.74, 6) is 0.494. The van der Waals surface area contributed by atoms with E-state index in [1.807, 2.05) is 24.8 Å². The zero-order valence-corrected chi connectivity index (χ0v) is 22.3. The van der Waals surface area contributed by atoms with Crippen molar-refractivity contribution in [3.05, 3.63) is 48.3 Å². The summed E-state index contributed by atoms with van der Waals surface area (Å²) in [7, 11) is -3.31. The molecule has 1 aromatic heterocycles. The van der Waals surface area contributed by atoms with E-state index in [4.69, 9.17) is 4.74 Å². The second kappa shape index (κ2) is 9.23. The van der Waals surface area contributed by atoms with Crippen LogP contribution in [-0.2, 0) is 21.1 Å². The molecule has 1 amide bonds. The van der Waals surface area contributed by atoms with Crippen molar-refractivity contribution in [2.45, 2.75) is 74.4 Å². The van der Waals surface area contributed by atoms with Crippen LogP contribution in [-0.4, -0.2) is 83.9 Å². The van der Waals surface area contributed by atoms with Crippen molar-refractivity contribution in [3.8, 4) is 0 Å². The Labute approximate surface area is 218 Å². The van der Waals surface area contributed by atoms with E-state index in [1.54, 1.807) is 4.90 Å². The van der Waals surface area contributed by atoms with Gasteiger partial charge in [0, 0.05) is 50.2 Å². The van der Waals surface area contributed by atoms with Gasteiger partial charge in [-0.15, -0.1) is 0 Å². The molecule has 4 aliphatic rings. The number of hydrogen-bond acceptors (Lipinski definition) is 8. The minimum absolute atomic E-state index is 0.00351. The van der Waals surface area contributed by atoms with Gasteiger partial charge in [-0.1, -0.05) is 30.3 Å². The van der Waals surface area contributed by atoms with Crippen molar-refractivity contribution in [2.24, 2.45) is 5.41 Å². The summed E-state index contributed by atoms with van der Waals surface area (Å²) in [5.41, 5.74) is 1.65. The number of carbonyl (C=O) groups excluding carboxylic acids is 1. The minimum Gasteiger partial charge on any atom is -0.446 e. The first-order valence-corrected chi connectivity index (χ1v) is 14.8. The highest BCUT2D eigenvalue weighted by molar-refractivity contribution is 7.92. The molecular weight excluding hydrogens is 490 g/mol. The maximum Gasteiger partial charge on any atom is 0.410 e. The summed E-state index contributed by atoms with van der Waals surface area (Å²) in [4.78, 5) is 28.3. The van der Waals surface area contributed by atoms with Gasteiger partial charge in [0.2, 0.25) is 5.95 Å². The molecule has 198 valence electrons. The SMILES string of the molecule is C[C@@H]1CN(c2ncc(S(=O)(=O)C3CC3)cn2)[C@@H](C)CN1C(=O)OC1CC2(C1)CN(Cc1ccccc1)C2. The molecule has 1 spiro atoms. The van der Waals surface area contributed by atoms with E-state index in [-0.39, 0.29) is 34.4 Å². The maximum absolute atomic E-state index is 13.0. The Morgan fingerprint density at radius 3 is 2.35 bits per heavy atom. The first-order chi connectivity index (χ1) is 17.7. The number of carbonyl (C=O) groups is 1. The Kier molecular flexibility index (Phi) is 6.14. The molecule has 0 radical (unpaired) electrons. The number of ether oxygens (including phenoxy) is 1. The summed E-state index contributed by atoms with van der Waals surface area (Å²) >= 11 is 0. The maximum atomic E-state index is 13.0. The predicted molar refractivity (Wildman–Crippen MR) is 139 cm³/mol. The van der Waals surface area contributed by atoms with Crippen molar-refractivity contribution in [3.63, 3.8) is 0 Å². The van der Waals surface area contributed by atoms with Crippen LogP contribution in [0.15, 0.2) is 47.6 Å². The molecule has 1 aromatic carbocycles. The Morgan fingerprint density at radius 2 is 1.70 bits per heavy atom. The Hall–Kier alpha value is -2.72. The number of aromatic nitrogens is 2. The topological polar surface area (TPSA) is 95.9 Å². The molecule has 0 unspecified atom stereocenters. The molecule has 37 heavy (non-hydrogen) atoms. The van der Waals surface area contributed by atoms with Gasteiger partial charge < -0.3 is 14.5 Å². The van der Waals surface area contributed by atoms with Gasteiger partial charge in [-0.05, 0) is 45.1 Å². The Balaban J connectivity index is 0.985. The molecule has 3 heterocycles. The van der Waals surface area contributed by atoms with Crippen molar-refractivity contribution in [1.29, 1.82) is 0 Å². The van der Waals surface area contributed by atoms with Crippen LogP contribution in [0.5, 0.6) is 0 Å². The smallest absolute Gasteiger partial charge is 0.410 e. The number of piperazine rings is 1. The molecule has 9 nitrogen and oxygen atoms in total. The largest absolute Gasteiger partial charge is 0.446 e. The van der Waals surface area contributed by atoms with Crippen molar-refractivity contribution >= 4 is 21.9 Å². The zero-order chi connectivity index (χ0) is 25.8. The highest BCUT2D eigenvalue weighted by Gasteiger charge is 2.54. The number of hydrogen-bond donors (Lipinski definition) is 0. The lowest BCUT2D eigenvalue weighted by Crippen LogP contribution is -2.64. The van der Waals surface area contributed by atoms with Crippen LogP contribution in [0.1, 0.15) is 45.1 Å². The number of anilines is 1. The van der Waals surface area contributed by atoms with Crippen LogP contribution in [0.2, 0.25) is 0 Å².